The van der Waals surface area contributed by atoms with Gasteiger partial charge in [0.15, 0.2) is 0 Å². The molecule has 0 aliphatic carbocycles. The van der Waals surface area contributed by atoms with Crippen molar-refractivity contribution in [2.75, 3.05) is 18.1 Å². The number of thioether (sulfide) groups is 1. The third-order valence-corrected chi connectivity index (χ3v) is 5.47. The Hall–Kier alpha value is -0.500. The van der Waals surface area contributed by atoms with E-state index >= 15 is 0 Å². The number of nitrogens with one attached hydrogen (secondary N) is 2. The van der Waals surface area contributed by atoms with E-state index < -0.39 is 10.0 Å². The van der Waals surface area contributed by atoms with Crippen LogP contribution in [0.5, 0.6) is 0 Å². The summed E-state index contributed by atoms with van der Waals surface area (Å²) in [5.74, 6) is 2.64. The molecule has 1 aliphatic heterocycles. The van der Waals surface area contributed by atoms with Crippen LogP contribution in [0.3, 0.4) is 0 Å². The van der Waals surface area contributed by atoms with E-state index in [-0.39, 0.29) is 4.90 Å². The fraction of sp³-hybridized carbons (Fsp3) is 0.600. The molecule has 1 fully saturated rings. The molecular formula is C10H17N3O2S2. The second-order valence-corrected chi connectivity index (χ2v) is 7.06. The predicted octanol–water partition coefficient (Wildman–Crippen LogP) is 0.505. The van der Waals surface area contributed by atoms with Crippen LogP contribution in [0.25, 0.3) is 0 Å². The van der Waals surface area contributed by atoms with E-state index in [4.69, 9.17) is 5.73 Å². The van der Waals surface area contributed by atoms with Gasteiger partial charge in [0.05, 0.1) is 4.90 Å². The topological polar surface area (TPSA) is 88.0 Å². The van der Waals surface area contributed by atoms with Gasteiger partial charge in [-0.05, 0) is 29.9 Å². The number of aromatic amines is 1. The van der Waals surface area contributed by atoms with Crippen LogP contribution in [-0.2, 0) is 16.6 Å². The fourth-order valence-corrected chi connectivity index (χ4v) is 4.16. The Labute approximate surface area is 106 Å². The van der Waals surface area contributed by atoms with E-state index in [0.29, 0.717) is 19.0 Å². The van der Waals surface area contributed by atoms with Gasteiger partial charge in [0, 0.05) is 25.0 Å². The van der Waals surface area contributed by atoms with Crippen molar-refractivity contribution < 1.29 is 8.42 Å². The van der Waals surface area contributed by atoms with Crippen LogP contribution in [-0.4, -0.2) is 31.5 Å². The summed E-state index contributed by atoms with van der Waals surface area (Å²) in [5.41, 5.74) is 6.15. The minimum atomic E-state index is -3.38. The van der Waals surface area contributed by atoms with E-state index in [1.165, 1.54) is 6.20 Å². The van der Waals surface area contributed by atoms with Crippen molar-refractivity contribution in [1.29, 1.82) is 0 Å². The zero-order chi connectivity index (χ0) is 12.3. The Bertz CT molecular complexity index is 464. The zero-order valence-electron chi connectivity index (χ0n) is 9.48. The first-order chi connectivity index (χ1) is 8.12. The van der Waals surface area contributed by atoms with Crippen molar-refractivity contribution in [3.8, 4) is 0 Å². The van der Waals surface area contributed by atoms with Gasteiger partial charge in [0.25, 0.3) is 0 Å². The second kappa shape index (κ2) is 5.43. The largest absolute Gasteiger partial charge is 0.363 e. The Morgan fingerprint density at radius 1 is 1.59 bits per heavy atom. The minimum Gasteiger partial charge on any atom is -0.363 e. The van der Waals surface area contributed by atoms with Gasteiger partial charge in [-0.3, -0.25) is 0 Å². The Morgan fingerprint density at radius 2 is 2.41 bits per heavy atom. The summed E-state index contributed by atoms with van der Waals surface area (Å²) in [6.45, 7) is 0.841. The molecular weight excluding hydrogens is 258 g/mol. The maximum Gasteiger partial charge on any atom is 0.242 e. The molecule has 4 N–H and O–H groups in total. The summed E-state index contributed by atoms with van der Waals surface area (Å²) in [6.07, 6.45) is 2.57. The maximum atomic E-state index is 11.9. The van der Waals surface area contributed by atoms with E-state index in [9.17, 15) is 8.42 Å². The lowest BCUT2D eigenvalue weighted by atomic mass is 10.1. The first kappa shape index (κ1) is 12.9. The average molecular weight is 275 g/mol. The zero-order valence-corrected chi connectivity index (χ0v) is 11.1. The Kier molecular flexibility index (Phi) is 4.13. The van der Waals surface area contributed by atoms with Gasteiger partial charge in [0.2, 0.25) is 10.0 Å². The van der Waals surface area contributed by atoms with Crippen molar-refractivity contribution in [1.82, 2.24) is 9.71 Å². The number of hydrogen-bond acceptors (Lipinski definition) is 4. The van der Waals surface area contributed by atoms with Gasteiger partial charge in [-0.2, -0.15) is 11.8 Å². The molecule has 1 aromatic heterocycles. The summed E-state index contributed by atoms with van der Waals surface area (Å²) in [5, 5.41) is 0. The van der Waals surface area contributed by atoms with Gasteiger partial charge in [-0.1, -0.05) is 0 Å². The van der Waals surface area contributed by atoms with Gasteiger partial charge < -0.3 is 10.7 Å². The van der Waals surface area contributed by atoms with Crippen LogP contribution in [0.15, 0.2) is 17.2 Å². The molecule has 1 saturated heterocycles. The van der Waals surface area contributed by atoms with Crippen molar-refractivity contribution in [2.24, 2.45) is 11.7 Å². The highest BCUT2D eigenvalue weighted by Gasteiger charge is 2.20. The molecule has 1 unspecified atom stereocenters. The molecule has 0 radical (unpaired) electrons. The molecule has 1 aromatic rings. The van der Waals surface area contributed by atoms with Crippen LogP contribution in [0, 0.1) is 5.92 Å². The molecule has 7 heteroatoms. The van der Waals surface area contributed by atoms with Crippen LogP contribution >= 0.6 is 11.8 Å². The lowest BCUT2D eigenvalue weighted by Gasteiger charge is -2.09. The normalized spacial score (nSPS) is 20.9. The van der Waals surface area contributed by atoms with Gasteiger partial charge in [-0.25, -0.2) is 13.1 Å². The molecule has 0 spiro atoms. The second-order valence-electron chi connectivity index (χ2n) is 4.15. The smallest absolute Gasteiger partial charge is 0.242 e. The summed E-state index contributed by atoms with van der Waals surface area (Å²) in [6, 6.07) is 1.58. The van der Waals surface area contributed by atoms with Crippen molar-refractivity contribution in [2.45, 2.75) is 17.9 Å². The summed E-state index contributed by atoms with van der Waals surface area (Å²) in [7, 11) is -3.38. The Balaban J connectivity index is 1.97. The third-order valence-electron chi connectivity index (χ3n) is 2.83. The number of nitrogens with two attached hydrogens (primary N) is 1. The average Bonchev–Trinajstić information content (AvgIpc) is 2.98. The first-order valence-electron chi connectivity index (χ1n) is 5.56. The molecule has 2 heterocycles. The molecule has 1 atom stereocenters. The lowest BCUT2D eigenvalue weighted by molar-refractivity contribution is 0.546. The number of hydrogen-bond donors (Lipinski definition) is 3. The molecule has 1 aliphatic rings. The van der Waals surface area contributed by atoms with Crippen LogP contribution in [0.1, 0.15) is 12.1 Å². The van der Waals surface area contributed by atoms with Crippen molar-refractivity contribution >= 4 is 21.8 Å². The molecule has 5 nitrogen and oxygen atoms in total. The van der Waals surface area contributed by atoms with Crippen LogP contribution in [0.2, 0.25) is 0 Å². The quantitative estimate of drug-likeness (QED) is 0.730. The number of sulfonamides is 1. The van der Waals surface area contributed by atoms with Crippen LogP contribution < -0.4 is 10.5 Å². The van der Waals surface area contributed by atoms with Gasteiger partial charge >= 0.3 is 0 Å². The lowest BCUT2D eigenvalue weighted by Crippen LogP contribution is -2.29. The minimum absolute atomic E-state index is 0.267. The van der Waals surface area contributed by atoms with Crippen molar-refractivity contribution in [3.63, 3.8) is 0 Å². The summed E-state index contributed by atoms with van der Waals surface area (Å²) >= 11 is 1.88. The van der Waals surface area contributed by atoms with Gasteiger partial charge in [0.1, 0.15) is 0 Å². The predicted molar refractivity (Wildman–Crippen MR) is 69.3 cm³/mol. The number of rotatable bonds is 5. The Morgan fingerprint density at radius 3 is 3.00 bits per heavy atom. The van der Waals surface area contributed by atoms with Crippen molar-refractivity contribution in [3.05, 3.63) is 18.0 Å². The summed E-state index contributed by atoms with van der Waals surface area (Å²) < 4.78 is 26.5. The molecule has 2 rings (SSSR count). The van der Waals surface area contributed by atoms with Crippen LogP contribution in [0.4, 0.5) is 0 Å². The first-order valence-corrected chi connectivity index (χ1v) is 8.20. The molecule has 0 amide bonds. The highest BCUT2D eigenvalue weighted by Crippen LogP contribution is 2.23. The standard InChI is InChI=1S/C10H17N3O2S2/c11-4-9-3-10(6-12-9)17(14,15)13-5-8-1-2-16-7-8/h3,6,8,12-13H,1-2,4-5,7,11H2. The summed E-state index contributed by atoms with van der Waals surface area (Å²) in [4.78, 5) is 3.11. The monoisotopic (exact) mass is 275 g/mol. The molecule has 0 saturated carbocycles. The third kappa shape index (κ3) is 3.25. The van der Waals surface area contributed by atoms with E-state index in [2.05, 4.69) is 9.71 Å². The highest BCUT2D eigenvalue weighted by atomic mass is 32.2. The van der Waals surface area contributed by atoms with E-state index in [1.54, 1.807) is 6.07 Å². The molecule has 17 heavy (non-hydrogen) atoms. The fourth-order valence-electron chi connectivity index (χ4n) is 1.75. The number of aromatic nitrogens is 1. The maximum absolute atomic E-state index is 11.9. The van der Waals surface area contributed by atoms with E-state index in [0.717, 1.165) is 23.6 Å². The van der Waals surface area contributed by atoms with E-state index in [1.807, 2.05) is 11.8 Å². The SMILES string of the molecule is NCc1cc(S(=O)(=O)NCC2CCSC2)c[nH]1. The van der Waals surface area contributed by atoms with Gasteiger partial charge in [-0.15, -0.1) is 0 Å². The number of H-pyrrole nitrogens is 1. The molecule has 0 aromatic carbocycles. The molecule has 96 valence electrons. The molecule has 0 bridgehead atoms. The highest BCUT2D eigenvalue weighted by molar-refractivity contribution is 7.99.